The lowest BCUT2D eigenvalue weighted by Gasteiger charge is -2.36. The zero-order valence-corrected chi connectivity index (χ0v) is 13.5. The van der Waals surface area contributed by atoms with Crippen molar-refractivity contribution in [1.82, 2.24) is 4.90 Å². The molecule has 1 aromatic rings. The predicted molar refractivity (Wildman–Crippen MR) is 93.5 cm³/mol. The van der Waals surface area contributed by atoms with Crippen LogP contribution in [0.1, 0.15) is 43.2 Å². The van der Waals surface area contributed by atoms with E-state index >= 15 is 0 Å². The van der Waals surface area contributed by atoms with E-state index in [2.05, 4.69) is 60.7 Å². The summed E-state index contributed by atoms with van der Waals surface area (Å²) in [6.45, 7) is 8.90. The maximum atomic E-state index is 5.43. The molecule has 1 nitrogen and oxygen atoms in total. The lowest BCUT2D eigenvalue weighted by molar-refractivity contribution is 0.244. The fourth-order valence-electron chi connectivity index (χ4n) is 3.71. The van der Waals surface area contributed by atoms with Gasteiger partial charge in [-0.25, -0.2) is 0 Å². The third-order valence-electron chi connectivity index (χ3n) is 5.18. The number of rotatable bonds is 3. The number of benzene rings is 1. The van der Waals surface area contributed by atoms with Gasteiger partial charge in [0.1, 0.15) is 0 Å². The van der Waals surface area contributed by atoms with Crippen molar-refractivity contribution in [1.29, 1.82) is 0 Å². The van der Waals surface area contributed by atoms with Gasteiger partial charge >= 0.3 is 0 Å². The molecule has 3 rings (SSSR count). The summed E-state index contributed by atoms with van der Waals surface area (Å²) in [6.07, 6.45) is 13.7. The van der Waals surface area contributed by atoms with Gasteiger partial charge in [0.05, 0.1) is 0 Å². The highest BCUT2D eigenvalue weighted by atomic mass is 15.1. The van der Waals surface area contributed by atoms with Crippen LogP contribution in [0.25, 0.3) is 0 Å². The van der Waals surface area contributed by atoms with Crippen molar-refractivity contribution < 1.29 is 0 Å². The molecular weight excluding hydrogens is 266 g/mol. The molecular formula is C21H25N. The van der Waals surface area contributed by atoms with Crippen molar-refractivity contribution in [3.63, 3.8) is 0 Å². The standard InChI is InChI=1S/C21H25N/c1-4-18-6-9-19(10-7-18)20-11-13-22(14-12-20)17(3)21-8-5-16(2)15-21/h1,5-10,16,20-21H,3,11-15H2,2H3. The van der Waals surface area contributed by atoms with Crippen LogP contribution < -0.4 is 0 Å². The number of hydrogen-bond acceptors (Lipinski definition) is 1. The summed E-state index contributed by atoms with van der Waals surface area (Å²) in [5.74, 6) is 4.61. The predicted octanol–water partition coefficient (Wildman–Crippen LogP) is 4.57. The summed E-state index contributed by atoms with van der Waals surface area (Å²) < 4.78 is 0. The van der Waals surface area contributed by atoms with E-state index in [4.69, 9.17) is 6.42 Å². The number of allylic oxidation sites excluding steroid dienone is 2. The average Bonchev–Trinajstić information content (AvgIpc) is 3.01. The van der Waals surface area contributed by atoms with Gasteiger partial charge in [0.25, 0.3) is 0 Å². The minimum atomic E-state index is 0.557. The molecule has 0 radical (unpaired) electrons. The van der Waals surface area contributed by atoms with Crippen molar-refractivity contribution >= 4 is 0 Å². The Kier molecular flexibility index (Phi) is 4.39. The van der Waals surface area contributed by atoms with Gasteiger partial charge in [-0.15, -0.1) is 6.42 Å². The van der Waals surface area contributed by atoms with Gasteiger partial charge in [0.2, 0.25) is 0 Å². The molecule has 0 amide bonds. The Labute approximate surface area is 134 Å². The zero-order chi connectivity index (χ0) is 15.5. The molecule has 2 unspecified atom stereocenters. The Hall–Kier alpha value is -1.94. The molecule has 114 valence electrons. The van der Waals surface area contributed by atoms with Crippen molar-refractivity contribution in [2.24, 2.45) is 11.8 Å². The fraction of sp³-hybridized carbons (Fsp3) is 0.429. The molecule has 1 fully saturated rings. The van der Waals surface area contributed by atoms with Crippen LogP contribution >= 0.6 is 0 Å². The van der Waals surface area contributed by atoms with Crippen LogP contribution in [0.4, 0.5) is 0 Å². The highest BCUT2D eigenvalue weighted by Gasteiger charge is 2.26. The first-order chi connectivity index (χ1) is 10.7. The average molecular weight is 291 g/mol. The Morgan fingerprint density at radius 2 is 1.86 bits per heavy atom. The van der Waals surface area contributed by atoms with Gasteiger partial charge in [-0.3, -0.25) is 0 Å². The zero-order valence-electron chi connectivity index (χ0n) is 13.5. The van der Waals surface area contributed by atoms with Crippen LogP contribution in [0.15, 0.2) is 48.7 Å². The molecule has 1 saturated heterocycles. The Morgan fingerprint density at radius 1 is 1.18 bits per heavy atom. The summed E-state index contributed by atoms with van der Waals surface area (Å²) in [6, 6.07) is 8.52. The maximum Gasteiger partial charge on any atom is 0.0242 e. The number of nitrogens with zero attached hydrogens (tertiary/aromatic N) is 1. The van der Waals surface area contributed by atoms with Gasteiger partial charge in [-0.2, -0.15) is 0 Å². The Bertz CT molecular complexity index is 594. The molecule has 1 aromatic carbocycles. The highest BCUT2D eigenvalue weighted by Crippen LogP contribution is 2.34. The van der Waals surface area contributed by atoms with Crippen molar-refractivity contribution in [2.45, 2.75) is 32.1 Å². The van der Waals surface area contributed by atoms with Crippen LogP contribution in [0.5, 0.6) is 0 Å². The first kappa shape index (κ1) is 15.0. The molecule has 0 N–H and O–H groups in total. The molecule has 0 aromatic heterocycles. The van der Waals surface area contributed by atoms with Crippen molar-refractivity contribution in [3.05, 3.63) is 59.8 Å². The molecule has 0 bridgehead atoms. The first-order valence-electron chi connectivity index (χ1n) is 8.36. The second-order valence-electron chi connectivity index (χ2n) is 6.72. The van der Waals surface area contributed by atoms with Crippen LogP contribution in [0, 0.1) is 24.2 Å². The summed E-state index contributed by atoms with van der Waals surface area (Å²) in [5.41, 5.74) is 3.72. The van der Waals surface area contributed by atoms with E-state index in [9.17, 15) is 0 Å². The number of terminal acetylenes is 1. The smallest absolute Gasteiger partial charge is 0.0242 e. The van der Waals surface area contributed by atoms with Gasteiger partial charge in [-0.05, 0) is 48.8 Å². The van der Waals surface area contributed by atoms with Crippen molar-refractivity contribution in [3.8, 4) is 12.3 Å². The number of piperidine rings is 1. The van der Waals surface area contributed by atoms with Gasteiger partial charge in [0.15, 0.2) is 0 Å². The highest BCUT2D eigenvalue weighted by molar-refractivity contribution is 5.35. The Balaban J connectivity index is 1.57. The van der Waals surface area contributed by atoms with Gasteiger partial charge in [-0.1, -0.05) is 43.7 Å². The fourth-order valence-corrected chi connectivity index (χ4v) is 3.71. The quantitative estimate of drug-likeness (QED) is 0.582. The molecule has 2 aliphatic rings. The third kappa shape index (κ3) is 3.12. The van der Waals surface area contributed by atoms with E-state index in [1.165, 1.54) is 30.5 Å². The molecule has 0 spiro atoms. The van der Waals surface area contributed by atoms with Crippen molar-refractivity contribution in [2.75, 3.05) is 13.1 Å². The SMILES string of the molecule is C#Cc1ccc(C2CCN(C(=C)C3C=CC(C)C3)CC2)cc1. The third-order valence-corrected chi connectivity index (χ3v) is 5.18. The van der Waals surface area contributed by atoms with Crippen LogP contribution in [0.2, 0.25) is 0 Å². The van der Waals surface area contributed by atoms with Gasteiger partial charge < -0.3 is 4.90 Å². The summed E-state index contributed by atoms with van der Waals surface area (Å²) in [5, 5.41) is 0. The second-order valence-corrected chi connectivity index (χ2v) is 6.72. The van der Waals surface area contributed by atoms with E-state index < -0.39 is 0 Å². The van der Waals surface area contributed by atoms with E-state index in [1.54, 1.807) is 0 Å². The lowest BCUT2D eigenvalue weighted by atomic mass is 9.88. The lowest BCUT2D eigenvalue weighted by Crippen LogP contribution is -2.34. The molecule has 1 heteroatoms. The van der Waals surface area contributed by atoms with E-state index in [0.29, 0.717) is 17.8 Å². The first-order valence-corrected chi connectivity index (χ1v) is 8.36. The minimum Gasteiger partial charge on any atom is -0.375 e. The molecule has 0 saturated carbocycles. The summed E-state index contributed by atoms with van der Waals surface area (Å²) in [4.78, 5) is 2.50. The van der Waals surface area contributed by atoms with Gasteiger partial charge in [0, 0.05) is 30.3 Å². The van der Waals surface area contributed by atoms with E-state index in [1.807, 2.05) is 0 Å². The van der Waals surface area contributed by atoms with Crippen LogP contribution in [-0.2, 0) is 0 Å². The van der Waals surface area contributed by atoms with E-state index in [0.717, 1.165) is 18.7 Å². The maximum absolute atomic E-state index is 5.43. The Morgan fingerprint density at radius 3 is 2.41 bits per heavy atom. The van der Waals surface area contributed by atoms with Crippen LogP contribution in [-0.4, -0.2) is 18.0 Å². The topological polar surface area (TPSA) is 3.24 Å². The second kappa shape index (κ2) is 6.44. The number of hydrogen-bond donors (Lipinski definition) is 0. The molecule has 1 aliphatic carbocycles. The summed E-state index contributed by atoms with van der Waals surface area (Å²) in [7, 11) is 0. The monoisotopic (exact) mass is 291 g/mol. The minimum absolute atomic E-state index is 0.557. The molecule has 2 atom stereocenters. The van der Waals surface area contributed by atoms with Crippen LogP contribution in [0.3, 0.4) is 0 Å². The number of likely N-dealkylation sites (tertiary alicyclic amines) is 1. The molecule has 22 heavy (non-hydrogen) atoms. The largest absolute Gasteiger partial charge is 0.375 e. The normalized spacial score (nSPS) is 25.2. The van der Waals surface area contributed by atoms with E-state index in [-0.39, 0.29) is 0 Å². The molecule has 1 heterocycles. The summed E-state index contributed by atoms with van der Waals surface area (Å²) >= 11 is 0. The molecule has 1 aliphatic heterocycles.